The quantitative estimate of drug-likeness (QED) is 0.519. The molecule has 0 aliphatic heterocycles. The first-order valence-electron chi connectivity index (χ1n) is 7.27. The summed E-state index contributed by atoms with van der Waals surface area (Å²) in [6.07, 6.45) is 3.69. The van der Waals surface area contributed by atoms with Crippen molar-refractivity contribution in [3.8, 4) is 22.5 Å². The Bertz CT molecular complexity index is 908. The standard InChI is InChI=1S/C20H14N2/c1-2-8-16(9-3-1)19-13-22-20(14-21-19)18-12-6-10-15-7-4-5-11-17(15)18/h1-14H. The van der Waals surface area contributed by atoms with E-state index in [9.17, 15) is 0 Å². The number of hydrogen-bond donors (Lipinski definition) is 0. The van der Waals surface area contributed by atoms with Gasteiger partial charge in [-0.3, -0.25) is 9.97 Å². The first-order chi connectivity index (χ1) is 10.9. The lowest BCUT2D eigenvalue weighted by molar-refractivity contribution is 1.21. The first-order valence-corrected chi connectivity index (χ1v) is 7.27. The maximum absolute atomic E-state index is 4.61. The summed E-state index contributed by atoms with van der Waals surface area (Å²) in [6.45, 7) is 0. The third-order valence-electron chi connectivity index (χ3n) is 3.79. The van der Waals surface area contributed by atoms with Crippen molar-refractivity contribution in [3.05, 3.63) is 85.2 Å². The summed E-state index contributed by atoms with van der Waals surface area (Å²) in [6, 6.07) is 24.7. The van der Waals surface area contributed by atoms with Gasteiger partial charge in [-0.1, -0.05) is 72.8 Å². The van der Waals surface area contributed by atoms with Crippen LogP contribution in [0.25, 0.3) is 33.3 Å². The Morgan fingerprint density at radius 1 is 0.545 bits per heavy atom. The molecule has 4 rings (SSSR count). The van der Waals surface area contributed by atoms with Crippen LogP contribution >= 0.6 is 0 Å². The van der Waals surface area contributed by atoms with E-state index in [4.69, 9.17) is 0 Å². The molecular formula is C20H14N2. The molecule has 0 saturated heterocycles. The zero-order chi connectivity index (χ0) is 14.8. The van der Waals surface area contributed by atoms with Crippen LogP contribution in [-0.4, -0.2) is 9.97 Å². The lowest BCUT2D eigenvalue weighted by Crippen LogP contribution is -1.90. The molecular weight excluding hydrogens is 268 g/mol. The molecule has 0 amide bonds. The van der Waals surface area contributed by atoms with Gasteiger partial charge in [-0.25, -0.2) is 0 Å². The molecule has 0 saturated carbocycles. The van der Waals surface area contributed by atoms with Crippen LogP contribution in [0.5, 0.6) is 0 Å². The van der Waals surface area contributed by atoms with E-state index < -0.39 is 0 Å². The molecule has 4 aromatic rings. The Morgan fingerprint density at radius 3 is 2.05 bits per heavy atom. The minimum absolute atomic E-state index is 0.893. The maximum Gasteiger partial charge on any atom is 0.0891 e. The molecule has 1 aromatic heterocycles. The van der Waals surface area contributed by atoms with E-state index >= 15 is 0 Å². The van der Waals surface area contributed by atoms with Crippen molar-refractivity contribution >= 4 is 10.8 Å². The van der Waals surface area contributed by atoms with Gasteiger partial charge in [-0.05, 0) is 10.8 Å². The van der Waals surface area contributed by atoms with Gasteiger partial charge in [0.25, 0.3) is 0 Å². The lowest BCUT2D eigenvalue weighted by atomic mass is 10.0. The fourth-order valence-corrected chi connectivity index (χ4v) is 2.67. The topological polar surface area (TPSA) is 25.8 Å². The third-order valence-corrected chi connectivity index (χ3v) is 3.79. The predicted molar refractivity (Wildman–Crippen MR) is 90.4 cm³/mol. The van der Waals surface area contributed by atoms with Crippen LogP contribution in [0.4, 0.5) is 0 Å². The van der Waals surface area contributed by atoms with Crippen molar-refractivity contribution in [2.45, 2.75) is 0 Å². The zero-order valence-corrected chi connectivity index (χ0v) is 12.0. The Morgan fingerprint density at radius 2 is 1.23 bits per heavy atom. The van der Waals surface area contributed by atoms with E-state index in [0.717, 1.165) is 22.5 Å². The fourth-order valence-electron chi connectivity index (χ4n) is 2.67. The van der Waals surface area contributed by atoms with Crippen molar-refractivity contribution in [2.75, 3.05) is 0 Å². The summed E-state index contributed by atoms with van der Waals surface area (Å²) in [4.78, 5) is 9.18. The molecule has 2 nitrogen and oxygen atoms in total. The van der Waals surface area contributed by atoms with Crippen LogP contribution in [0.1, 0.15) is 0 Å². The Balaban J connectivity index is 1.80. The second-order valence-corrected chi connectivity index (χ2v) is 5.18. The number of rotatable bonds is 2. The highest BCUT2D eigenvalue weighted by molar-refractivity contribution is 5.95. The number of hydrogen-bond acceptors (Lipinski definition) is 2. The van der Waals surface area contributed by atoms with Crippen molar-refractivity contribution in [2.24, 2.45) is 0 Å². The largest absolute Gasteiger partial charge is 0.252 e. The summed E-state index contributed by atoms with van der Waals surface area (Å²) in [5.41, 5.74) is 3.99. The molecule has 22 heavy (non-hydrogen) atoms. The predicted octanol–water partition coefficient (Wildman–Crippen LogP) is 4.96. The second-order valence-electron chi connectivity index (χ2n) is 5.18. The third kappa shape index (κ3) is 2.25. The summed E-state index contributed by atoms with van der Waals surface area (Å²) in [5.74, 6) is 0. The van der Waals surface area contributed by atoms with E-state index in [-0.39, 0.29) is 0 Å². The van der Waals surface area contributed by atoms with Gasteiger partial charge in [0.1, 0.15) is 0 Å². The number of fused-ring (bicyclic) bond motifs is 1. The average molecular weight is 282 g/mol. The van der Waals surface area contributed by atoms with Crippen molar-refractivity contribution < 1.29 is 0 Å². The molecule has 1 heterocycles. The highest BCUT2D eigenvalue weighted by atomic mass is 14.8. The second kappa shape index (κ2) is 5.41. The summed E-state index contributed by atoms with van der Waals surface area (Å²) < 4.78 is 0. The Kier molecular flexibility index (Phi) is 3.13. The minimum Gasteiger partial charge on any atom is -0.252 e. The highest BCUT2D eigenvalue weighted by Gasteiger charge is 2.06. The molecule has 0 radical (unpaired) electrons. The molecule has 0 spiro atoms. The number of benzene rings is 3. The smallest absolute Gasteiger partial charge is 0.0891 e. The molecule has 0 N–H and O–H groups in total. The number of nitrogens with zero attached hydrogens (tertiary/aromatic N) is 2. The van der Waals surface area contributed by atoms with E-state index in [1.54, 1.807) is 0 Å². The molecule has 0 atom stereocenters. The molecule has 0 fully saturated rings. The first kappa shape index (κ1) is 12.7. The van der Waals surface area contributed by atoms with Gasteiger partial charge in [0.2, 0.25) is 0 Å². The van der Waals surface area contributed by atoms with Crippen molar-refractivity contribution in [1.29, 1.82) is 0 Å². The van der Waals surface area contributed by atoms with E-state index in [2.05, 4.69) is 52.4 Å². The van der Waals surface area contributed by atoms with Gasteiger partial charge in [-0.2, -0.15) is 0 Å². The Hall–Kier alpha value is -3.00. The molecule has 0 aliphatic rings. The number of aromatic nitrogens is 2. The van der Waals surface area contributed by atoms with Crippen LogP contribution in [0.3, 0.4) is 0 Å². The van der Waals surface area contributed by atoms with Gasteiger partial charge in [0.15, 0.2) is 0 Å². The van der Waals surface area contributed by atoms with Gasteiger partial charge in [0.05, 0.1) is 23.8 Å². The van der Waals surface area contributed by atoms with Crippen LogP contribution in [-0.2, 0) is 0 Å². The molecule has 0 unspecified atom stereocenters. The molecule has 0 aliphatic carbocycles. The fraction of sp³-hybridized carbons (Fsp3) is 0. The molecule has 0 bridgehead atoms. The maximum atomic E-state index is 4.61. The molecule has 3 aromatic carbocycles. The summed E-state index contributed by atoms with van der Waals surface area (Å²) in [5, 5.41) is 2.42. The van der Waals surface area contributed by atoms with Crippen LogP contribution < -0.4 is 0 Å². The van der Waals surface area contributed by atoms with Gasteiger partial charge in [0, 0.05) is 11.1 Å². The lowest BCUT2D eigenvalue weighted by Gasteiger charge is -2.06. The van der Waals surface area contributed by atoms with E-state index in [0.29, 0.717) is 0 Å². The van der Waals surface area contributed by atoms with Gasteiger partial charge in [-0.15, -0.1) is 0 Å². The summed E-state index contributed by atoms with van der Waals surface area (Å²) >= 11 is 0. The van der Waals surface area contributed by atoms with Crippen LogP contribution in [0.2, 0.25) is 0 Å². The Labute approximate surface area is 129 Å². The zero-order valence-electron chi connectivity index (χ0n) is 12.0. The van der Waals surface area contributed by atoms with Crippen molar-refractivity contribution in [3.63, 3.8) is 0 Å². The van der Waals surface area contributed by atoms with E-state index in [1.807, 2.05) is 42.7 Å². The van der Waals surface area contributed by atoms with Crippen LogP contribution in [0, 0.1) is 0 Å². The van der Waals surface area contributed by atoms with Gasteiger partial charge >= 0.3 is 0 Å². The SMILES string of the molecule is c1ccc(-c2cnc(-c3cccc4ccccc34)cn2)cc1. The average Bonchev–Trinajstić information content (AvgIpc) is 2.62. The highest BCUT2D eigenvalue weighted by Crippen LogP contribution is 2.27. The summed E-state index contributed by atoms with van der Waals surface area (Å²) in [7, 11) is 0. The normalized spacial score (nSPS) is 10.7. The van der Waals surface area contributed by atoms with Crippen molar-refractivity contribution in [1.82, 2.24) is 9.97 Å². The van der Waals surface area contributed by atoms with E-state index in [1.165, 1.54) is 10.8 Å². The molecule has 2 heteroatoms. The van der Waals surface area contributed by atoms with Crippen LogP contribution in [0.15, 0.2) is 85.2 Å². The minimum atomic E-state index is 0.893. The molecule has 104 valence electrons. The van der Waals surface area contributed by atoms with Gasteiger partial charge < -0.3 is 0 Å². The monoisotopic (exact) mass is 282 g/mol.